The third-order valence-corrected chi connectivity index (χ3v) is 16.3. The van der Waals surface area contributed by atoms with Crippen molar-refractivity contribution in [1.29, 1.82) is 0 Å². The average molecular weight is 686 g/mol. The zero-order valence-corrected chi connectivity index (χ0v) is 28.8. The monoisotopic (exact) mass is 686 g/mol. The van der Waals surface area contributed by atoms with Gasteiger partial charge in [0.05, 0.1) is 0 Å². The van der Waals surface area contributed by atoms with Crippen molar-refractivity contribution >= 4 is 118 Å². The number of thiophene rings is 3. The molecule has 10 rings (SSSR count). The van der Waals surface area contributed by atoms with Gasteiger partial charge in [0.2, 0.25) is 0 Å². The number of aryl methyl sites for hydroxylation is 4. The summed E-state index contributed by atoms with van der Waals surface area (Å²) in [6, 6.07) is 32.1. The molecule has 6 heterocycles. The molecule has 0 aliphatic rings. The third-order valence-electron chi connectivity index (χ3n) is 9.01. The molecule has 0 amide bonds. The summed E-state index contributed by atoms with van der Waals surface area (Å²) in [6.45, 7) is 8.75. The number of fused-ring (bicyclic) bond motifs is 13. The summed E-state index contributed by atoms with van der Waals surface area (Å²) in [7, 11) is 0. The van der Waals surface area contributed by atoms with Crippen molar-refractivity contribution in [2.45, 2.75) is 27.7 Å². The summed E-state index contributed by atoms with van der Waals surface area (Å²) < 4.78 is 17.1. The van der Waals surface area contributed by atoms with E-state index >= 15 is 0 Å². The Kier molecular flexibility index (Phi) is 5.23. The molecule has 0 bridgehead atoms. The first kappa shape index (κ1) is 25.7. The minimum atomic E-state index is 0.313. The standard InChI is InChI=1S/C38H26N2S3Se/c1-19-5-11-23(12-6-19)39-27-17-21(3)9-15-25(27)29-30(39)32-31(40(29)24-13-7-20(2)8-14-24)33-34(42-32)38-36(43-33)35-37(44-38)26-16-10-22(4)18-28(26)41-35/h5-18H,1-4H3. The van der Waals surface area contributed by atoms with E-state index in [0.29, 0.717) is 14.5 Å². The van der Waals surface area contributed by atoms with Crippen LogP contribution >= 0.6 is 34.0 Å². The van der Waals surface area contributed by atoms with Crippen LogP contribution in [-0.2, 0) is 0 Å². The number of hydrogen-bond donors (Lipinski definition) is 0. The molecule has 44 heavy (non-hydrogen) atoms. The predicted molar refractivity (Wildman–Crippen MR) is 197 cm³/mol. The average Bonchev–Trinajstić information content (AvgIpc) is 3.82. The Hall–Kier alpha value is -3.64. The van der Waals surface area contributed by atoms with Crippen molar-refractivity contribution in [2.75, 3.05) is 0 Å². The molecule has 0 aliphatic carbocycles. The van der Waals surface area contributed by atoms with Gasteiger partial charge in [0.15, 0.2) is 0 Å². The number of rotatable bonds is 2. The molecule has 0 saturated carbocycles. The number of aromatic nitrogens is 2. The van der Waals surface area contributed by atoms with Crippen LogP contribution in [0.15, 0.2) is 84.9 Å². The maximum atomic E-state index is 2.58. The summed E-state index contributed by atoms with van der Waals surface area (Å²) >= 11 is 6.37. The number of nitrogens with zero attached hydrogens (tertiary/aromatic N) is 2. The SMILES string of the molecule is Cc1ccc(-n2c3cc(C)ccc3c3c2c2sc4c(sc5c6sc7cc(C)ccc7c6[se]c54)c2n3-c2ccc(C)cc2)cc1. The quantitative estimate of drug-likeness (QED) is 0.160. The molecule has 6 aromatic heterocycles. The van der Waals surface area contributed by atoms with E-state index in [4.69, 9.17) is 0 Å². The van der Waals surface area contributed by atoms with Crippen molar-refractivity contribution in [2.24, 2.45) is 0 Å². The summed E-state index contributed by atoms with van der Waals surface area (Å²) in [5, 5.41) is 2.77. The molecule has 0 unspecified atom stereocenters. The van der Waals surface area contributed by atoms with Gasteiger partial charge in [-0.3, -0.25) is 0 Å². The van der Waals surface area contributed by atoms with Crippen molar-refractivity contribution < 1.29 is 0 Å². The van der Waals surface area contributed by atoms with Gasteiger partial charge < -0.3 is 0 Å². The third kappa shape index (κ3) is 3.35. The van der Waals surface area contributed by atoms with Crippen LogP contribution in [0.4, 0.5) is 0 Å². The summed E-state index contributed by atoms with van der Waals surface area (Å²) in [6.07, 6.45) is 0. The molecule has 10 aromatic rings. The van der Waals surface area contributed by atoms with Gasteiger partial charge in [-0.1, -0.05) is 0 Å². The second kappa shape index (κ2) is 8.97. The van der Waals surface area contributed by atoms with Gasteiger partial charge in [0.1, 0.15) is 0 Å². The first-order chi connectivity index (χ1) is 21.4. The van der Waals surface area contributed by atoms with E-state index in [1.165, 1.54) is 94.7 Å². The van der Waals surface area contributed by atoms with Crippen molar-refractivity contribution in [3.63, 3.8) is 0 Å². The van der Waals surface area contributed by atoms with E-state index in [0.717, 1.165) is 0 Å². The van der Waals surface area contributed by atoms with E-state index in [1.54, 1.807) is 8.52 Å². The van der Waals surface area contributed by atoms with Crippen LogP contribution in [0.2, 0.25) is 0 Å². The Labute approximate surface area is 271 Å². The Morgan fingerprint density at radius 1 is 0.455 bits per heavy atom. The number of hydrogen-bond acceptors (Lipinski definition) is 3. The molecule has 212 valence electrons. The van der Waals surface area contributed by atoms with E-state index in [-0.39, 0.29) is 0 Å². The van der Waals surface area contributed by atoms with Crippen LogP contribution in [0.3, 0.4) is 0 Å². The minimum absolute atomic E-state index is 0.313. The Morgan fingerprint density at radius 2 is 1.02 bits per heavy atom. The molecule has 0 fully saturated rings. The van der Waals surface area contributed by atoms with Crippen LogP contribution in [-0.4, -0.2) is 23.6 Å². The summed E-state index contributed by atoms with van der Waals surface area (Å²) in [5.74, 6) is 0. The van der Waals surface area contributed by atoms with Crippen molar-refractivity contribution in [3.8, 4) is 11.4 Å². The van der Waals surface area contributed by atoms with E-state index < -0.39 is 0 Å². The van der Waals surface area contributed by atoms with Crippen LogP contribution in [0.25, 0.3) is 80.9 Å². The Morgan fingerprint density at radius 3 is 1.75 bits per heavy atom. The fourth-order valence-electron chi connectivity index (χ4n) is 6.88. The zero-order valence-electron chi connectivity index (χ0n) is 24.6. The molecule has 0 atom stereocenters. The molecule has 0 radical (unpaired) electrons. The van der Waals surface area contributed by atoms with E-state index in [1.807, 2.05) is 34.0 Å². The molecular formula is C38H26N2S3Se. The molecule has 0 N–H and O–H groups in total. The summed E-state index contributed by atoms with van der Waals surface area (Å²) in [4.78, 5) is 0. The zero-order chi connectivity index (χ0) is 29.4. The predicted octanol–water partition coefficient (Wildman–Crippen LogP) is 11.8. The van der Waals surface area contributed by atoms with Crippen LogP contribution in [0.1, 0.15) is 22.3 Å². The van der Waals surface area contributed by atoms with Gasteiger partial charge >= 0.3 is 273 Å². The van der Waals surface area contributed by atoms with Crippen LogP contribution in [0, 0.1) is 27.7 Å². The fraction of sp³-hybridized carbons (Fsp3) is 0.105. The van der Waals surface area contributed by atoms with Gasteiger partial charge in [0, 0.05) is 0 Å². The first-order valence-electron chi connectivity index (χ1n) is 14.8. The number of benzene rings is 4. The topological polar surface area (TPSA) is 9.86 Å². The molecule has 2 nitrogen and oxygen atoms in total. The molecule has 0 aliphatic heterocycles. The fourth-order valence-corrected chi connectivity index (χ4v) is 15.2. The second-order valence-electron chi connectivity index (χ2n) is 12.1. The molecule has 4 aromatic carbocycles. The van der Waals surface area contributed by atoms with E-state index in [9.17, 15) is 0 Å². The maximum absolute atomic E-state index is 2.58. The normalized spacial score (nSPS) is 12.5. The molecule has 0 spiro atoms. The van der Waals surface area contributed by atoms with Gasteiger partial charge in [-0.15, -0.1) is 0 Å². The van der Waals surface area contributed by atoms with Gasteiger partial charge in [-0.25, -0.2) is 0 Å². The van der Waals surface area contributed by atoms with Gasteiger partial charge in [-0.05, 0) is 0 Å². The van der Waals surface area contributed by atoms with Gasteiger partial charge in [-0.2, -0.15) is 0 Å². The van der Waals surface area contributed by atoms with E-state index in [2.05, 4.69) is 122 Å². The second-order valence-corrected chi connectivity index (χ2v) is 17.4. The first-order valence-corrected chi connectivity index (χ1v) is 19.0. The van der Waals surface area contributed by atoms with Crippen LogP contribution < -0.4 is 0 Å². The summed E-state index contributed by atoms with van der Waals surface area (Å²) in [5.41, 5.74) is 12.9. The molecular weight excluding hydrogens is 660 g/mol. The van der Waals surface area contributed by atoms with Gasteiger partial charge in [0.25, 0.3) is 0 Å². The van der Waals surface area contributed by atoms with Crippen molar-refractivity contribution in [1.82, 2.24) is 9.13 Å². The van der Waals surface area contributed by atoms with Crippen molar-refractivity contribution in [3.05, 3.63) is 107 Å². The Balaban J connectivity index is 1.41. The molecule has 0 saturated heterocycles. The Bertz CT molecular complexity index is 2790. The van der Waals surface area contributed by atoms with Crippen LogP contribution in [0.5, 0.6) is 0 Å². The molecule has 6 heteroatoms.